The van der Waals surface area contributed by atoms with Crippen LogP contribution in [0.3, 0.4) is 0 Å². The Morgan fingerprint density at radius 1 is 1.13 bits per heavy atom. The van der Waals surface area contributed by atoms with Crippen LogP contribution in [0.2, 0.25) is 0 Å². The predicted octanol–water partition coefficient (Wildman–Crippen LogP) is 3.47. The van der Waals surface area contributed by atoms with Crippen LogP contribution in [0, 0.1) is 12.8 Å². The fourth-order valence-corrected chi connectivity index (χ4v) is 4.23. The van der Waals surface area contributed by atoms with E-state index < -0.39 is 0 Å². The summed E-state index contributed by atoms with van der Waals surface area (Å²) < 4.78 is 3.35. The average molecular weight is 436 g/mol. The van der Waals surface area contributed by atoms with Gasteiger partial charge < -0.3 is 9.88 Å². The van der Waals surface area contributed by atoms with Crippen molar-refractivity contribution in [3.63, 3.8) is 0 Å². The second-order valence-electron chi connectivity index (χ2n) is 7.87. The highest BCUT2D eigenvalue weighted by molar-refractivity contribution is 7.13. The maximum atomic E-state index is 12.9. The first-order valence-electron chi connectivity index (χ1n) is 10.3. The van der Waals surface area contributed by atoms with Crippen molar-refractivity contribution in [2.75, 3.05) is 0 Å². The summed E-state index contributed by atoms with van der Waals surface area (Å²) in [4.78, 5) is 30.8. The number of hydrogen-bond donors (Lipinski definition) is 1. The zero-order valence-corrected chi connectivity index (χ0v) is 18.6. The minimum atomic E-state index is -0.230. The van der Waals surface area contributed by atoms with Crippen molar-refractivity contribution in [1.29, 1.82) is 0 Å². The van der Waals surface area contributed by atoms with E-state index in [4.69, 9.17) is 0 Å². The van der Waals surface area contributed by atoms with E-state index in [1.54, 1.807) is 17.4 Å². The molecule has 1 amide bonds. The molecule has 0 unspecified atom stereocenters. The van der Waals surface area contributed by atoms with Gasteiger partial charge in [0.2, 0.25) is 5.91 Å². The summed E-state index contributed by atoms with van der Waals surface area (Å²) in [5.74, 6) is 0.801. The molecule has 0 saturated heterocycles. The van der Waals surface area contributed by atoms with Crippen LogP contribution in [-0.4, -0.2) is 31.3 Å². The molecular weight excluding hydrogens is 410 g/mol. The zero-order valence-electron chi connectivity index (χ0n) is 17.8. The molecule has 4 rings (SSSR count). The molecule has 4 aromatic rings. The predicted molar refractivity (Wildman–Crippen MR) is 123 cm³/mol. The van der Waals surface area contributed by atoms with Gasteiger partial charge in [-0.15, -0.1) is 11.3 Å². The SMILES string of the molecule is Cc1nc2ccccc2n1CC(=O)N[C@H](Cn1nc(-c2cccs2)ccc1=O)C(C)C. The number of aryl methyl sites for hydroxylation is 1. The number of imidazole rings is 1. The highest BCUT2D eigenvalue weighted by atomic mass is 32.1. The minimum Gasteiger partial charge on any atom is -0.350 e. The summed E-state index contributed by atoms with van der Waals surface area (Å²) in [5.41, 5.74) is 2.37. The lowest BCUT2D eigenvalue weighted by Crippen LogP contribution is -2.45. The smallest absolute Gasteiger partial charge is 0.266 e. The quantitative estimate of drug-likeness (QED) is 0.482. The van der Waals surface area contributed by atoms with Crippen molar-refractivity contribution in [2.45, 2.75) is 39.9 Å². The van der Waals surface area contributed by atoms with Crippen LogP contribution in [0.15, 0.2) is 58.7 Å². The van der Waals surface area contributed by atoms with E-state index in [2.05, 4.69) is 15.4 Å². The summed E-state index contributed by atoms with van der Waals surface area (Å²) in [7, 11) is 0. The summed E-state index contributed by atoms with van der Waals surface area (Å²) in [6.45, 7) is 6.43. The first-order chi connectivity index (χ1) is 14.9. The molecule has 31 heavy (non-hydrogen) atoms. The number of hydrogen-bond acceptors (Lipinski definition) is 5. The highest BCUT2D eigenvalue weighted by Gasteiger charge is 2.20. The number of carbonyl (C=O) groups excluding carboxylic acids is 1. The van der Waals surface area contributed by atoms with E-state index in [1.807, 2.05) is 67.1 Å². The standard InChI is InChI=1S/C23H25N5O2S/c1-15(2)19(13-28-23(30)11-10-18(26-28)21-9-6-12-31-21)25-22(29)14-27-16(3)24-17-7-4-5-8-20(17)27/h4-12,15,19H,13-14H2,1-3H3,(H,25,29)/t19-/m1/s1. The normalized spacial score (nSPS) is 12.4. The molecule has 0 fully saturated rings. The van der Waals surface area contributed by atoms with Crippen LogP contribution < -0.4 is 10.9 Å². The number of amides is 1. The Hall–Kier alpha value is -3.26. The lowest BCUT2D eigenvalue weighted by Gasteiger charge is -2.23. The molecule has 0 aliphatic heterocycles. The first-order valence-corrected chi connectivity index (χ1v) is 11.1. The largest absolute Gasteiger partial charge is 0.350 e. The monoisotopic (exact) mass is 435 g/mol. The number of benzene rings is 1. The number of fused-ring (bicyclic) bond motifs is 1. The van der Waals surface area contributed by atoms with E-state index >= 15 is 0 Å². The van der Waals surface area contributed by atoms with E-state index in [0.717, 1.165) is 27.4 Å². The second-order valence-corrected chi connectivity index (χ2v) is 8.82. The Morgan fingerprint density at radius 2 is 1.94 bits per heavy atom. The van der Waals surface area contributed by atoms with Crippen molar-refractivity contribution in [2.24, 2.45) is 5.92 Å². The molecule has 0 aliphatic carbocycles. The molecule has 3 aromatic heterocycles. The van der Waals surface area contributed by atoms with Gasteiger partial charge >= 0.3 is 0 Å². The van der Waals surface area contributed by atoms with Gasteiger partial charge in [0, 0.05) is 6.07 Å². The van der Waals surface area contributed by atoms with Gasteiger partial charge in [0.1, 0.15) is 18.1 Å². The molecule has 0 aliphatic rings. The van der Waals surface area contributed by atoms with Crippen molar-refractivity contribution < 1.29 is 4.79 Å². The zero-order chi connectivity index (χ0) is 22.0. The molecule has 1 atom stereocenters. The van der Waals surface area contributed by atoms with E-state index in [0.29, 0.717) is 6.54 Å². The first kappa shape index (κ1) is 21.0. The molecular formula is C23H25N5O2S. The highest BCUT2D eigenvalue weighted by Crippen LogP contribution is 2.21. The number of rotatable bonds is 7. The maximum absolute atomic E-state index is 12.9. The van der Waals surface area contributed by atoms with Crippen LogP contribution >= 0.6 is 11.3 Å². The lowest BCUT2D eigenvalue weighted by molar-refractivity contribution is -0.122. The summed E-state index contributed by atoms with van der Waals surface area (Å²) >= 11 is 1.57. The van der Waals surface area contributed by atoms with Gasteiger partial charge in [0.15, 0.2) is 0 Å². The number of para-hydroxylation sites is 2. The number of thiophene rings is 1. The molecule has 0 radical (unpaired) electrons. The molecule has 0 spiro atoms. The Morgan fingerprint density at radius 3 is 2.68 bits per heavy atom. The van der Waals surface area contributed by atoms with Crippen molar-refractivity contribution >= 4 is 28.3 Å². The van der Waals surface area contributed by atoms with Crippen molar-refractivity contribution in [1.82, 2.24) is 24.6 Å². The molecule has 7 nitrogen and oxygen atoms in total. The van der Waals surface area contributed by atoms with Gasteiger partial charge in [-0.2, -0.15) is 5.10 Å². The van der Waals surface area contributed by atoms with Crippen LogP contribution in [0.5, 0.6) is 0 Å². The Labute approximate surface area is 184 Å². The summed E-state index contributed by atoms with van der Waals surface area (Å²) in [5, 5.41) is 9.59. The van der Waals surface area contributed by atoms with Crippen molar-refractivity contribution in [3.8, 4) is 10.6 Å². The van der Waals surface area contributed by atoms with Crippen LogP contribution in [-0.2, 0) is 17.9 Å². The van der Waals surface area contributed by atoms with E-state index in [-0.39, 0.29) is 30.0 Å². The second kappa shape index (κ2) is 8.85. The van der Waals surface area contributed by atoms with Crippen LogP contribution in [0.25, 0.3) is 21.6 Å². The molecule has 160 valence electrons. The fourth-order valence-electron chi connectivity index (χ4n) is 3.54. The molecule has 0 saturated carbocycles. The minimum absolute atomic E-state index is 0.118. The van der Waals surface area contributed by atoms with Crippen molar-refractivity contribution in [3.05, 3.63) is 70.1 Å². The molecule has 0 bridgehead atoms. The Balaban J connectivity index is 1.52. The van der Waals surface area contributed by atoms with E-state index in [9.17, 15) is 9.59 Å². The molecule has 8 heteroatoms. The third-order valence-corrected chi connectivity index (χ3v) is 6.20. The molecule has 3 heterocycles. The van der Waals surface area contributed by atoms with Gasteiger partial charge in [-0.05, 0) is 42.5 Å². The lowest BCUT2D eigenvalue weighted by atomic mass is 10.0. The fraction of sp³-hybridized carbons (Fsp3) is 0.304. The summed E-state index contributed by atoms with van der Waals surface area (Å²) in [6.07, 6.45) is 0. The third-order valence-electron chi connectivity index (χ3n) is 5.31. The van der Waals surface area contributed by atoms with Gasteiger partial charge in [-0.25, -0.2) is 9.67 Å². The molecule has 1 aromatic carbocycles. The Kier molecular flexibility index (Phi) is 5.99. The van der Waals surface area contributed by atoms with Gasteiger partial charge in [0.25, 0.3) is 5.56 Å². The summed E-state index contributed by atoms with van der Waals surface area (Å²) in [6, 6.07) is 14.7. The molecule has 1 N–H and O–H groups in total. The third kappa shape index (κ3) is 4.59. The van der Waals surface area contributed by atoms with E-state index in [1.165, 1.54) is 10.7 Å². The Bertz CT molecular complexity index is 1260. The van der Waals surface area contributed by atoms with Crippen LogP contribution in [0.1, 0.15) is 19.7 Å². The number of carbonyl (C=O) groups is 1. The van der Waals surface area contributed by atoms with Gasteiger partial charge in [-0.3, -0.25) is 9.59 Å². The number of nitrogens with one attached hydrogen (secondary N) is 1. The number of nitrogens with zero attached hydrogens (tertiary/aromatic N) is 4. The number of aromatic nitrogens is 4. The average Bonchev–Trinajstić information content (AvgIpc) is 3.38. The maximum Gasteiger partial charge on any atom is 0.266 e. The van der Waals surface area contributed by atoms with Gasteiger partial charge in [-0.1, -0.05) is 32.0 Å². The van der Waals surface area contributed by atoms with Gasteiger partial charge in [0.05, 0.1) is 28.5 Å². The topological polar surface area (TPSA) is 81.8 Å². The van der Waals surface area contributed by atoms with Crippen LogP contribution in [0.4, 0.5) is 0 Å².